The molecule has 5 N–H and O–H groups in total. The van der Waals surface area contributed by atoms with Crippen molar-refractivity contribution in [2.24, 2.45) is 11.5 Å². The van der Waals surface area contributed by atoms with Crippen LogP contribution < -0.4 is 41.0 Å². The third-order valence-corrected chi connectivity index (χ3v) is 12.4. The lowest BCUT2D eigenvalue weighted by atomic mass is 10.0. The molecule has 0 bridgehead atoms. The number of anilines is 4. The molecule has 19 heteroatoms. The van der Waals surface area contributed by atoms with Crippen molar-refractivity contribution in [1.29, 1.82) is 0 Å². The van der Waals surface area contributed by atoms with Crippen LogP contribution in [-0.4, -0.2) is 88.9 Å². The normalized spacial score (nSPS) is 14.2. The molecule has 0 saturated carbocycles. The molecule has 1 saturated heterocycles. The number of aromatic nitrogens is 4. The van der Waals surface area contributed by atoms with Crippen molar-refractivity contribution in [3.8, 4) is 22.9 Å². The summed E-state index contributed by atoms with van der Waals surface area (Å²) in [6, 6.07) is 28.7. The highest BCUT2D eigenvalue weighted by atomic mass is 127. The number of unbranched alkanes of at least 4 members (excludes halogenated alkanes) is 2. The number of nitrogens with two attached hydrogens (primary N) is 2. The number of hydrogen-bond acceptors (Lipinski definition) is 10. The maximum Gasteiger partial charge on any atom is 0.277 e. The van der Waals surface area contributed by atoms with Crippen LogP contribution in [0.25, 0.3) is 11.4 Å². The fourth-order valence-corrected chi connectivity index (χ4v) is 8.80. The summed E-state index contributed by atoms with van der Waals surface area (Å²) in [7, 11) is 3.14. The molecule has 0 radical (unpaired) electrons. The summed E-state index contributed by atoms with van der Waals surface area (Å²) in [5.74, 6) is -0.450. The zero-order chi connectivity index (χ0) is 48.8. The number of nitrogens with one attached hydrogen (secondary N) is 1. The Morgan fingerprint density at radius 2 is 1.00 bits per heavy atom. The standard InChI is InChI=1S/C26H29N5O4.C25H25N5O4.HI/c1-3-4-5-6-22(32)28-17-7-9-18(10-8-17)30-16-15-21-23(25(27)33)29-31(24(21)26(30)34)19-11-13-20(35-2)14-12-19;1-34-19-11-9-18(10-12-19)30-23-20(22(27-30)24(26)32)13-15-29(25(23)33)17-7-5-16(6-8-17)28-14-3-2-4-21(28)31;/h7-14H,3-6,15-16H2,1-2H3,(H2,27,33)(H,28,32);5-12H,2-4,13-15H2,1H3,(H2,26,32);1H. The molecule has 6 aromatic rings. The second kappa shape index (κ2) is 22.3. The van der Waals surface area contributed by atoms with E-state index in [1.165, 1.54) is 9.36 Å². The summed E-state index contributed by atoms with van der Waals surface area (Å²) >= 11 is 0. The van der Waals surface area contributed by atoms with Crippen LogP contribution in [0.15, 0.2) is 97.1 Å². The van der Waals surface area contributed by atoms with Gasteiger partial charge >= 0.3 is 0 Å². The molecule has 2 aromatic heterocycles. The van der Waals surface area contributed by atoms with Crippen LogP contribution in [0.2, 0.25) is 0 Å². The molecular formula is C51H55IN10O8. The van der Waals surface area contributed by atoms with Gasteiger partial charge in [-0.2, -0.15) is 10.2 Å². The number of piperidine rings is 1. The minimum absolute atomic E-state index is 0. The molecule has 0 aliphatic carbocycles. The van der Waals surface area contributed by atoms with Gasteiger partial charge in [0.1, 0.15) is 22.9 Å². The monoisotopic (exact) mass is 1060 g/mol. The quantitative estimate of drug-likeness (QED) is 0.0746. The van der Waals surface area contributed by atoms with Gasteiger partial charge in [-0.1, -0.05) is 19.8 Å². The molecule has 3 aliphatic rings. The molecule has 18 nitrogen and oxygen atoms in total. The van der Waals surface area contributed by atoms with Crippen molar-refractivity contribution < 1.29 is 38.2 Å². The minimum Gasteiger partial charge on any atom is -0.497 e. The Labute approximate surface area is 421 Å². The number of benzene rings is 4. The third kappa shape index (κ3) is 10.5. The summed E-state index contributed by atoms with van der Waals surface area (Å²) in [4.78, 5) is 80.8. The van der Waals surface area contributed by atoms with Crippen molar-refractivity contribution in [3.63, 3.8) is 0 Å². The number of rotatable bonds is 14. The summed E-state index contributed by atoms with van der Waals surface area (Å²) in [6.07, 6.45) is 6.79. The van der Waals surface area contributed by atoms with Crippen LogP contribution in [0, 0.1) is 0 Å². The number of nitrogens with zero attached hydrogens (tertiary/aromatic N) is 7. The number of halogens is 1. The molecule has 1 fully saturated rings. The average Bonchev–Trinajstić information content (AvgIpc) is 3.97. The second-order valence-electron chi connectivity index (χ2n) is 16.8. The summed E-state index contributed by atoms with van der Waals surface area (Å²) in [5.41, 5.74) is 17.2. The second-order valence-corrected chi connectivity index (χ2v) is 16.8. The van der Waals surface area contributed by atoms with E-state index >= 15 is 0 Å². The lowest BCUT2D eigenvalue weighted by molar-refractivity contribution is -0.119. The fraction of sp³-hybridized carbons (Fsp3) is 0.294. The highest BCUT2D eigenvalue weighted by Gasteiger charge is 2.36. The number of amides is 6. The zero-order valence-corrected chi connectivity index (χ0v) is 41.5. The van der Waals surface area contributed by atoms with Gasteiger partial charge in [-0.25, -0.2) is 9.36 Å². The van der Waals surface area contributed by atoms with E-state index in [1.54, 1.807) is 102 Å². The van der Waals surface area contributed by atoms with Crippen LogP contribution in [0.1, 0.15) is 105 Å². The predicted molar refractivity (Wildman–Crippen MR) is 275 cm³/mol. The van der Waals surface area contributed by atoms with Crippen molar-refractivity contribution in [1.82, 2.24) is 19.6 Å². The van der Waals surface area contributed by atoms with E-state index in [9.17, 15) is 28.8 Å². The van der Waals surface area contributed by atoms with Gasteiger partial charge in [-0.3, -0.25) is 28.8 Å². The fourth-order valence-electron chi connectivity index (χ4n) is 8.80. The molecule has 364 valence electrons. The van der Waals surface area contributed by atoms with Crippen molar-refractivity contribution in [2.45, 2.75) is 64.7 Å². The van der Waals surface area contributed by atoms with Gasteiger partial charge in [0.2, 0.25) is 11.8 Å². The van der Waals surface area contributed by atoms with E-state index in [1.807, 2.05) is 24.3 Å². The van der Waals surface area contributed by atoms with Crippen LogP contribution in [0.5, 0.6) is 11.5 Å². The number of hydrogen-bond donors (Lipinski definition) is 3. The van der Waals surface area contributed by atoms with Crippen LogP contribution in [0.4, 0.5) is 22.7 Å². The van der Waals surface area contributed by atoms with Gasteiger partial charge in [-0.15, -0.1) is 24.0 Å². The van der Waals surface area contributed by atoms with Gasteiger partial charge in [-0.05, 0) is 129 Å². The topological polar surface area (TPSA) is 230 Å². The van der Waals surface area contributed by atoms with Gasteiger partial charge in [0.25, 0.3) is 23.6 Å². The van der Waals surface area contributed by atoms with Gasteiger partial charge in [0, 0.05) is 66.4 Å². The van der Waals surface area contributed by atoms with Gasteiger partial charge < -0.3 is 41.0 Å². The molecule has 0 atom stereocenters. The average molecular weight is 1060 g/mol. The minimum atomic E-state index is -0.672. The lowest BCUT2D eigenvalue weighted by Crippen LogP contribution is -2.39. The number of methoxy groups -OCH3 is 2. The first-order chi connectivity index (χ1) is 33.4. The Kier molecular flexibility index (Phi) is 16.0. The number of fused-ring (bicyclic) bond motifs is 2. The Morgan fingerprint density at radius 1 is 0.571 bits per heavy atom. The van der Waals surface area contributed by atoms with Crippen LogP contribution >= 0.6 is 24.0 Å². The Balaban J connectivity index is 0.000000203. The van der Waals surface area contributed by atoms with E-state index < -0.39 is 11.8 Å². The van der Waals surface area contributed by atoms with Crippen molar-refractivity contribution in [2.75, 3.05) is 53.9 Å². The molecule has 0 spiro atoms. The van der Waals surface area contributed by atoms with E-state index in [0.717, 1.165) is 37.8 Å². The first kappa shape index (κ1) is 50.3. The Bertz CT molecular complexity index is 2900. The van der Waals surface area contributed by atoms with Gasteiger partial charge in [0.05, 0.1) is 25.6 Å². The van der Waals surface area contributed by atoms with E-state index in [0.29, 0.717) is 108 Å². The number of ether oxygens (including phenoxy) is 2. The van der Waals surface area contributed by atoms with E-state index in [4.69, 9.17) is 20.9 Å². The summed E-state index contributed by atoms with van der Waals surface area (Å²) in [5, 5.41) is 11.7. The SMILES string of the molecule is CCCCCC(=O)Nc1ccc(N2CCc3c(C(N)=O)nn(-c4ccc(OC)cc4)c3C2=O)cc1.COc1ccc(-n2nc(C(N)=O)c3c2C(=O)N(c2ccc(N4CCCCC4=O)cc2)CC3)cc1.I. The molecule has 5 heterocycles. The first-order valence-corrected chi connectivity index (χ1v) is 23.0. The highest BCUT2D eigenvalue weighted by molar-refractivity contribution is 14.0. The van der Waals surface area contributed by atoms with Crippen LogP contribution in [0.3, 0.4) is 0 Å². The molecular weight excluding hydrogens is 1010 g/mol. The lowest BCUT2D eigenvalue weighted by Gasteiger charge is -2.29. The van der Waals surface area contributed by atoms with Crippen molar-refractivity contribution in [3.05, 3.63) is 131 Å². The molecule has 0 unspecified atom stereocenters. The number of carbonyl (C=O) groups is 6. The third-order valence-electron chi connectivity index (χ3n) is 12.4. The Hall–Kier alpha value is -7.55. The first-order valence-electron chi connectivity index (χ1n) is 23.0. The smallest absolute Gasteiger partial charge is 0.277 e. The number of primary amides is 2. The molecule has 70 heavy (non-hydrogen) atoms. The summed E-state index contributed by atoms with van der Waals surface area (Å²) in [6.45, 7) is 3.58. The zero-order valence-electron chi connectivity index (χ0n) is 39.2. The molecule has 9 rings (SSSR count). The van der Waals surface area contributed by atoms with Crippen LogP contribution in [-0.2, 0) is 22.4 Å². The predicted octanol–water partition coefficient (Wildman–Crippen LogP) is 7.02. The van der Waals surface area contributed by atoms with Crippen molar-refractivity contribution >= 4 is 82.2 Å². The number of carbonyl (C=O) groups excluding carboxylic acids is 6. The highest BCUT2D eigenvalue weighted by Crippen LogP contribution is 2.33. The molecule has 6 amide bonds. The maximum atomic E-state index is 13.6. The largest absolute Gasteiger partial charge is 0.497 e. The summed E-state index contributed by atoms with van der Waals surface area (Å²) < 4.78 is 13.4. The van der Waals surface area contributed by atoms with E-state index in [-0.39, 0.29) is 59.0 Å². The molecule has 3 aliphatic heterocycles. The Morgan fingerprint density at radius 3 is 1.41 bits per heavy atom. The van der Waals surface area contributed by atoms with Gasteiger partial charge in [0.15, 0.2) is 11.4 Å². The van der Waals surface area contributed by atoms with E-state index in [2.05, 4.69) is 22.4 Å². The molecule has 4 aromatic carbocycles. The maximum absolute atomic E-state index is 13.6.